The number of aromatic nitrogens is 2. The van der Waals surface area contributed by atoms with Gasteiger partial charge in [-0.15, -0.1) is 0 Å². The zero-order chi connectivity index (χ0) is 16.3. The third-order valence-corrected chi connectivity index (χ3v) is 3.65. The molecule has 3 rings (SSSR count). The summed E-state index contributed by atoms with van der Waals surface area (Å²) < 4.78 is 16.0. The van der Waals surface area contributed by atoms with Crippen molar-refractivity contribution in [3.8, 4) is 12.1 Å². The van der Waals surface area contributed by atoms with Crippen molar-refractivity contribution in [1.29, 1.82) is 10.5 Å². The zero-order valence-corrected chi connectivity index (χ0v) is 12.0. The lowest BCUT2D eigenvalue weighted by atomic mass is 9.86. The van der Waals surface area contributed by atoms with Gasteiger partial charge in [-0.25, -0.2) is 9.37 Å². The van der Waals surface area contributed by atoms with E-state index in [-0.39, 0.29) is 5.82 Å². The van der Waals surface area contributed by atoms with E-state index < -0.39 is 5.67 Å². The van der Waals surface area contributed by atoms with Crippen LogP contribution in [0.15, 0.2) is 60.9 Å². The number of imidazole rings is 1. The summed E-state index contributed by atoms with van der Waals surface area (Å²) in [7, 11) is 0. The van der Waals surface area contributed by atoms with Gasteiger partial charge in [-0.2, -0.15) is 10.5 Å². The summed E-state index contributed by atoms with van der Waals surface area (Å²) >= 11 is 0. The smallest absolute Gasteiger partial charge is 0.218 e. The van der Waals surface area contributed by atoms with Gasteiger partial charge in [0.2, 0.25) is 5.67 Å². The van der Waals surface area contributed by atoms with Gasteiger partial charge < -0.3 is 4.98 Å². The molecule has 0 radical (unpaired) electrons. The minimum Gasteiger partial charge on any atom is -0.345 e. The van der Waals surface area contributed by atoms with Crippen LogP contribution >= 0.6 is 0 Å². The molecular weight excluding hydrogens is 291 g/mol. The number of benzene rings is 2. The molecule has 110 valence electrons. The molecule has 0 atom stereocenters. The van der Waals surface area contributed by atoms with Gasteiger partial charge in [0.05, 0.1) is 23.3 Å². The van der Waals surface area contributed by atoms with Crippen LogP contribution < -0.4 is 0 Å². The van der Waals surface area contributed by atoms with Gasteiger partial charge in [-0.1, -0.05) is 24.3 Å². The second-order valence-corrected chi connectivity index (χ2v) is 4.97. The molecule has 0 aliphatic heterocycles. The van der Waals surface area contributed by atoms with Crippen molar-refractivity contribution in [2.24, 2.45) is 0 Å². The van der Waals surface area contributed by atoms with Crippen molar-refractivity contribution in [3.63, 3.8) is 0 Å². The highest BCUT2D eigenvalue weighted by atomic mass is 19.1. The Hall–Kier alpha value is -3.44. The van der Waals surface area contributed by atoms with Crippen molar-refractivity contribution < 1.29 is 4.39 Å². The molecule has 1 N–H and O–H groups in total. The molecule has 0 bridgehead atoms. The summed E-state index contributed by atoms with van der Waals surface area (Å²) in [6, 6.07) is 16.6. The van der Waals surface area contributed by atoms with E-state index in [1.54, 1.807) is 54.7 Å². The summed E-state index contributed by atoms with van der Waals surface area (Å²) in [5, 5.41) is 17.8. The Morgan fingerprint density at radius 3 is 1.70 bits per heavy atom. The van der Waals surface area contributed by atoms with E-state index in [2.05, 4.69) is 9.97 Å². The van der Waals surface area contributed by atoms with Crippen LogP contribution in [0.25, 0.3) is 0 Å². The van der Waals surface area contributed by atoms with E-state index in [1.165, 1.54) is 6.20 Å². The standard InChI is InChI=1S/C18H11FN4/c19-18(17-22-9-10-23-17,15-5-1-13(11-20)2-6-15)16-7-3-14(12-21)4-8-16/h1-10H,(H,22,23). The lowest BCUT2D eigenvalue weighted by Crippen LogP contribution is -2.25. The van der Waals surface area contributed by atoms with E-state index in [0.29, 0.717) is 22.3 Å². The molecule has 0 saturated heterocycles. The Morgan fingerprint density at radius 1 is 0.870 bits per heavy atom. The maximum atomic E-state index is 16.0. The van der Waals surface area contributed by atoms with E-state index in [1.807, 2.05) is 12.1 Å². The molecule has 0 spiro atoms. The van der Waals surface area contributed by atoms with Crippen LogP contribution in [-0.4, -0.2) is 9.97 Å². The SMILES string of the molecule is N#Cc1ccc(C(F)(c2ccc(C#N)cc2)c2ncc[nH]2)cc1. The van der Waals surface area contributed by atoms with Gasteiger partial charge in [0.1, 0.15) is 0 Å². The number of nitriles is 2. The molecule has 0 saturated carbocycles. The second kappa shape index (κ2) is 5.75. The molecular formula is C18H11FN4. The first-order chi connectivity index (χ1) is 11.2. The highest BCUT2D eigenvalue weighted by Gasteiger charge is 2.39. The normalized spacial score (nSPS) is 10.7. The second-order valence-electron chi connectivity index (χ2n) is 4.97. The predicted molar refractivity (Wildman–Crippen MR) is 81.9 cm³/mol. The molecule has 3 aromatic rings. The molecule has 0 unspecified atom stereocenters. The van der Waals surface area contributed by atoms with Gasteiger partial charge in [0.25, 0.3) is 0 Å². The Labute approximate surface area is 132 Å². The van der Waals surface area contributed by atoms with Gasteiger partial charge in [-0.3, -0.25) is 0 Å². The quantitative estimate of drug-likeness (QED) is 0.805. The molecule has 2 aromatic carbocycles. The molecule has 0 amide bonds. The average Bonchev–Trinajstić information content (AvgIpc) is 3.16. The van der Waals surface area contributed by atoms with E-state index in [0.717, 1.165) is 0 Å². The number of aromatic amines is 1. The van der Waals surface area contributed by atoms with E-state index in [4.69, 9.17) is 10.5 Å². The molecule has 4 nitrogen and oxygen atoms in total. The number of rotatable bonds is 3. The maximum Gasteiger partial charge on any atom is 0.218 e. The van der Waals surface area contributed by atoms with Crippen LogP contribution in [0.2, 0.25) is 0 Å². The molecule has 5 heteroatoms. The topological polar surface area (TPSA) is 76.3 Å². The van der Waals surface area contributed by atoms with Crippen LogP contribution in [0.4, 0.5) is 4.39 Å². The van der Waals surface area contributed by atoms with Crippen molar-refractivity contribution in [2.45, 2.75) is 5.67 Å². The van der Waals surface area contributed by atoms with Crippen LogP contribution in [0.1, 0.15) is 28.1 Å². The number of hydrogen-bond donors (Lipinski definition) is 1. The number of hydrogen-bond acceptors (Lipinski definition) is 3. The summed E-state index contributed by atoms with van der Waals surface area (Å²) in [6.45, 7) is 0. The third kappa shape index (κ3) is 2.45. The van der Waals surface area contributed by atoms with Crippen molar-refractivity contribution in [2.75, 3.05) is 0 Å². The predicted octanol–water partition coefficient (Wildman–Crippen LogP) is 3.41. The fourth-order valence-corrected chi connectivity index (χ4v) is 2.44. The monoisotopic (exact) mass is 302 g/mol. The third-order valence-electron chi connectivity index (χ3n) is 3.65. The summed E-state index contributed by atoms with van der Waals surface area (Å²) in [4.78, 5) is 6.88. The minimum atomic E-state index is -1.99. The number of nitrogens with zero attached hydrogens (tertiary/aromatic N) is 3. The number of alkyl halides is 1. The molecule has 0 aliphatic carbocycles. The molecule has 0 fully saturated rings. The van der Waals surface area contributed by atoms with E-state index in [9.17, 15) is 0 Å². The van der Waals surface area contributed by atoms with Gasteiger partial charge >= 0.3 is 0 Å². The van der Waals surface area contributed by atoms with Crippen molar-refractivity contribution in [1.82, 2.24) is 9.97 Å². The molecule has 1 heterocycles. The van der Waals surface area contributed by atoms with Crippen LogP contribution in [-0.2, 0) is 5.67 Å². The first-order valence-electron chi connectivity index (χ1n) is 6.88. The molecule has 1 aromatic heterocycles. The average molecular weight is 302 g/mol. The van der Waals surface area contributed by atoms with Crippen LogP contribution in [0.3, 0.4) is 0 Å². The molecule has 0 aliphatic rings. The Morgan fingerprint density at radius 2 is 1.35 bits per heavy atom. The van der Waals surface area contributed by atoms with Crippen molar-refractivity contribution in [3.05, 3.63) is 89.0 Å². The summed E-state index contributed by atoms with van der Waals surface area (Å²) in [6.07, 6.45) is 3.04. The zero-order valence-electron chi connectivity index (χ0n) is 12.0. The van der Waals surface area contributed by atoms with Crippen LogP contribution in [0.5, 0.6) is 0 Å². The lowest BCUT2D eigenvalue weighted by molar-refractivity contribution is 0.267. The van der Waals surface area contributed by atoms with Gasteiger partial charge in [0.15, 0.2) is 5.82 Å². The Bertz CT molecular complexity index is 825. The van der Waals surface area contributed by atoms with Gasteiger partial charge in [0, 0.05) is 23.5 Å². The summed E-state index contributed by atoms with van der Waals surface area (Å²) in [5.41, 5.74) is -0.371. The van der Waals surface area contributed by atoms with E-state index >= 15 is 4.39 Å². The Kier molecular flexibility index (Phi) is 3.62. The highest BCUT2D eigenvalue weighted by molar-refractivity contribution is 5.46. The fraction of sp³-hybridized carbons (Fsp3) is 0.0556. The number of nitrogens with one attached hydrogen (secondary N) is 1. The van der Waals surface area contributed by atoms with Crippen molar-refractivity contribution >= 4 is 0 Å². The summed E-state index contributed by atoms with van der Waals surface area (Å²) in [5.74, 6) is 0.145. The highest BCUT2D eigenvalue weighted by Crippen LogP contribution is 2.38. The van der Waals surface area contributed by atoms with Gasteiger partial charge in [-0.05, 0) is 24.3 Å². The molecule has 23 heavy (non-hydrogen) atoms. The van der Waals surface area contributed by atoms with Crippen LogP contribution in [0, 0.1) is 22.7 Å². The number of halogens is 1. The lowest BCUT2D eigenvalue weighted by Gasteiger charge is -2.24. The maximum absolute atomic E-state index is 16.0. The minimum absolute atomic E-state index is 0.145. The fourth-order valence-electron chi connectivity index (χ4n) is 2.44. The Balaban J connectivity index is 2.18. The number of H-pyrrole nitrogens is 1. The first-order valence-corrected chi connectivity index (χ1v) is 6.88. The first kappa shape index (κ1) is 14.5. The largest absolute Gasteiger partial charge is 0.345 e.